The molecule has 0 spiro atoms. The summed E-state index contributed by atoms with van der Waals surface area (Å²) in [5.41, 5.74) is 5.83. The van der Waals surface area contributed by atoms with Crippen LogP contribution in [0.2, 0.25) is 0 Å². The summed E-state index contributed by atoms with van der Waals surface area (Å²) in [6.45, 7) is 1.87. The molecule has 10 nitrogen and oxygen atoms in total. The van der Waals surface area contributed by atoms with Gasteiger partial charge in [-0.3, -0.25) is 9.59 Å². The Labute approximate surface area is 252 Å². The molecule has 1 fully saturated rings. The first-order valence-electron chi connectivity index (χ1n) is 15.0. The molecule has 0 atom stereocenters. The molecule has 1 saturated carbocycles. The van der Waals surface area contributed by atoms with E-state index in [0.717, 1.165) is 57.7 Å². The Kier molecular flexibility index (Phi) is 8.06. The van der Waals surface area contributed by atoms with Gasteiger partial charge in [0.05, 0.1) is 19.3 Å². The number of nitrogens with zero attached hydrogens (tertiary/aromatic N) is 3. The molecule has 4 bridgehead atoms. The van der Waals surface area contributed by atoms with Crippen LogP contribution in [0.25, 0.3) is 28.2 Å². The Bertz CT molecular complexity index is 1720. The Morgan fingerprint density at radius 2 is 1.72 bits per heavy atom. The molecule has 0 saturated heterocycles. The number of amides is 2. The van der Waals surface area contributed by atoms with Crippen molar-refractivity contribution in [1.82, 2.24) is 23.8 Å². The Hall–Kier alpha value is -3.67. The first kappa shape index (κ1) is 29.4. The minimum Gasteiger partial charge on any atom is -0.497 e. The van der Waals surface area contributed by atoms with Gasteiger partial charge in [0.15, 0.2) is 0 Å². The van der Waals surface area contributed by atoms with Crippen LogP contribution in [0.5, 0.6) is 5.75 Å². The van der Waals surface area contributed by atoms with Gasteiger partial charge in [-0.1, -0.05) is 25.3 Å². The van der Waals surface area contributed by atoms with Crippen LogP contribution in [0.15, 0.2) is 42.0 Å². The first-order valence-corrected chi connectivity index (χ1v) is 16.4. The predicted molar refractivity (Wildman–Crippen MR) is 167 cm³/mol. The van der Waals surface area contributed by atoms with Crippen molar-refractivity contribution in [3.63, 3.8) is 0 Å². The predicted octanol–water partition coefficient (Wildman–Crippen LogP) is 3.73. The first-order chi connectivity index (χ1) is 20.7. The van der Waals surface area contributed by atoms with Gasteiger partial charge in [-0.2, -0.15) is 12.7 Å². The third kappa shape index (κ3) is 5.69. The van der Waals surface area contributed by atoms with Gasteiger partial charge in [0.25, 0.3) is 5.91 Å². The largest absolute Gasteiger partial charge is 0.497 e. The normalized spacial score (nSPS) is 20.7. The van der Waals surface area contributed by atoms with E-state index in [-0.39, 0.29) is 18.0 Å². The van der Waals surface area contributed by atoms with Crippen LogP contribution in [-0.4, -0.2) is 81.4 Å². The molecule has 2 amide bonds. The highest BCUT2D eigenvalue weighted by molar-refractivity contribution is 7.87. The fourth-order valence-electron chi connectivity index (χ4n) is 6.59. The number of ether oxygens (including phenoxy) is 1. The Morgan fingerprint density at radius 1 is 0.930 bits per heavy atom. The lowest BCUT2D eigenvalue weighted by atomic mass is 9.81. The van der Waals surface area contributed by atoms with Crippen LogP contribution in [0.3, 0.4) is 0 Å². The fourth-order valence-corrected chi connectivity index (χ4v) is 7.42. The molecule has 2 N–H and O–H groups in total. The number of nitrogens with one attached hydrogen (secondary N) is 2. The van der Waals surface area contributed by atoms with Gasteiger partial charge in [0, 0.05) is 60.8 Å². The molecule has 2 aromatic carbocycles. The highest BCUT2D eigenvalue weighted by atomic mass is 32.2. The van der Waals surface area contributed by atoms with E-state index >= 15 is 0 Å². The number of benzene rings is 2. The molecule has 6 rings (SSSR count). The van der Waals surface area contributed by atoms with Crippen LogP contribution >= 0.6 is 0 Å². The Balaban J connectivity index is 1.59. The summed E-state index contributed by atoms with van der Waals surface area (Å²) in [5.74, 6) is 0.196. The van der Waals surface area contributed by atoms with Crippen molar-refractivity contribution in [3.05, 3.63) is 58.7 Å². The van der Waals surface area contributed by atoms with Crippen LogP contribution in [0.4, 0.5) is 0 Å². The van der Waals surface area contributed by atoms with Crippen molar-refractivity contribution in [1.29, 1.82) is 0 Å². The number of fused-ring (bicyclic) bond motifs is 4. The summed E-state index contributed by atoms with van der Waals surface area (Å²) in [7, 11) is 0.904. The standard InChI is InChI=1S/C32H39N5O5S/c1-35-14-13-33-31(38)24-17-23-18-25(42-3)10-12-26(23)30-29(21-7-5-4-6-8-21)27-11-9-22(19-28(27)37(30)20-24)32(39)34-43(40,41)36(2)16-15-35/h9-12,17-19,21H,4-8,13-16,20H2,1-3H3,(H,33,38)(H,34,39). The van der Waals surface area contributed by atoms with Gasteiger partial charge in [0.2, 0.25) is 5.91 Å². The topological polar surface area (TPSA) is 113 Å². The van der Waals surface area contributed by atoms with Crippen molar-refractivity contribution >= 4 is 39.0 Å². The van der Waals surface area contributed by atoms with E-state index in [1.807, 2.05) is 36.2 Å². The average molecular weight is 606 g/mol. The third-order valence-electron chi connectivity index (χ3n) is 9.05. The lowest BCUT2D eigenvalue weighted by Crippen LogP contribution is -2.44. The molecule has 228 valence electrons. The minimum atomic E-state index is -4.05. The molecule has 3 heterocycles. The van der Waals surface area contributed by atoms with Gasteiger partial charge in [-0.15, -0.1) is 0 Å². The molecule has 43 heavy (non-hydrogen) atoms. The molecule has 2 aliphatic heterocycles. The lowest BCUT2D eigenvalue weighted by molar-refractivity contribution is -0.117. The van der Waals surface area contributed by atoms with Gasteiger partial charge in [-0.25, -0.2) is 4.72 Å². The van der Waals surface area contributed by atoms with Crippen LogP contribution in [0, 0.1) is 0 Å². The number of hydrogen-bond donors (Lipinski definition) is 2. The number of aromatic nitrogens is 1. The van der Waals surface area contributed by atoms with Gasteiger partial charge in [-0.05, 0) is 73.3 Å². The molecular formula is C32H39N5O5S. The summed E-state index contributed by atoms with van der Waals surface area (Å²) in [4.78, 5) is 29.0. The van der Waals surface area contributed by atoms with E-state index < -0.39 is 16.1 Å². The number of likely N-dealkylation sites (N-methyl/N-ethyl adjacent to an activating group) is 2. The van der Waals surface area contributed by atoms with Crippen LogP contribution < -0.4 is 14.8 Å². The van der Waals surface area contributed by atoms with E-state index in [4.69, 9.17) is 4.74 Å². The quantitative estimate of drug-likeness (QED) is 0.461. The summed E-state index contributed by atoms with van der Waals surface area (Å²) in [5, 5.41) is 4.11. The third-order valence-corrected chi connectivity index (χ3v) is 10.5. The fraction of sp³-hybridized carbons (Fsp3) is 0.438. The van der Waals surface area contributed by atoms with E-state index in [1.165, 1.54) is 19.0 Å². The number of methoxy groups -OCH3 is 1. The number of carbonyl (C=O) groups excluding carboxylic acids is 2. The molecule has 3 aliphatic rings. The summed E-state index contributed by atoms with van der Waals surface area (Å²) < 4.78 is 37.2. The summed E-state index contributed by atoms with van der Waals surface area (Å²) >= 11 is 0. The second kappa shape index (κ2) is 11.8. The van der Waals surface area contributed by atoms with Crippen LogP contribution in [-0.2, 0) is 21.5 Å². The lowest BCUT2D eigenvalue weighted by Gasteiger charge is -2.24. The number of carbonyl (C=O) groups is 2. The Morgan fingerprint density at radius 3 is 2.49 bits per heavy atom. The molecule has 1 aromatic heterocycles. The highest BCUT2D eigenvalue weighted by Crippen LogP contribution is 2.47. The zero-order valence-corrected chi connectivity index (χ0v) is 25.8. The summed E-state index contributed by atoms with van der Waals surface area (Å²) in [6, 6.07) is 11.4. The zero-order chi connectivity index (χ0) is 30.3. The monoisotopic (exact) mass is 605 g/mol. The van der Waals surface area contributed by atoms with Gasteiger partial charge >= 0.3 is 10.2 Å². The SMILES string of the molecule is COc1ccc2c(c1)C=C1Cn3c-2c(C2CCCCC2)c2ccc(cc23)C(=O)NS(=O)(=O)N(C)CCN(C)CCNC1=O. The smallest absolute Gasteiger partial charge is 0.303 e. The van der Waals surface area contributed by atoms with Crippen molar-refractivity contribution in [3.8, 4) is 17.0 Å². The average Bonchev–Trinajstić information content (AvgIpc) is 3.21. The van der Waals surface area contributed by atoms with E-state index in [9.17, 15) is 18.0 Å². The maximum Gasteiger partial charge on any atom is 0.303 e. The molecule has 0 radical (unpaired) electrons. The second-order valence-electron chi connectivity index (χ2n) is 11.9. The molecule has 11 heteroatoms. The number of hydrogen-bond acceptors (Lipinski definition) is 6. The van der Waals surface area contributed by atoms with Crippen LogP contribution in [0.1, 0.15) is 59.5 Å². The zero-order valence-electron chi connectivity index (χ0n) is 25.0. The number of rotatable bonds is 2. The molecule has 3 aromatic rings. The van der Waals surface area contributed by atoms with Crippen molar-refractivity contribution in [2.45, 2.75) is 44.6 Å². The summed E-state index contributed by atoms with van der Waals surface area (Å²) in [6.07, 6.45) is 7.60. The molecule has 0 unspecified atom stereocenters. The maximum absolute atomic E-state index is 13.7. The van der Waals surface area contributed by atoms with Gasteiger partial charge < -0.3 is 19.5 Å². The van der Waals surface area contributed by atoms with E-state index in [0.29, 0.717) is 43.4 Å². The van der Waals surface area contributed by atoms with Crippen molar-refractivity contribution in [2.24, 2.45) is 0 Å². The van der Waals surface area contributed by atoms with E-state index in [2.05, 4.69) is 20.7 Å². The van der Waals surface area contributed by atoms with Crippen molar-refractivity contribution < 1.29 is 22.7 Å². The maximum atomic E-state index is 13.7. The minimum absolute atomic E-state index is 0.158. The van der Waals surface area contributed by atoms with E-state index in [1.54, 1.807) is 19.2 Å². The molecular weight excluding hydrogens is 566 g/mol. The van der Waals surface area contributed by atoms with Crippen molar-refractivity contribution in [2.75, 3.05) is 47.4 Å². The van der Waals surface area contributed by atoms with Gasteiger partial charge in [0.1, 0.15) is 5.75 Å². The highest BCUT2D eigenvalue weighted by Gasteiger charge is 2.31. The second-order valence-corrected chi connectivity index (χ2v) is 13.6. The molecule has 1 aliphatic carbocycles.